The molecule has 0 radical (unpaired) electrons. The van der Waals surface area contributed by atoms with Gasteiger partial charge in [-0.2, -0.15) is 4.57 Å². The summed E-state index contributed by atoms with van der Waals surface area (Å²) in [5, 5.41) is 25.5. The van der Waals surface area contributed by atoms with Crippen LogP contribution >= 0.6 is 12.2 Å². The molecular weight excluding hydrogens is 414 g/mol. The number of anilines is 1. The topological polar surface area (TPSA) is 88.5 Å². The third-order valence-corrected chi connectivity index (χ3v) is 4.81. The van der Waals surface area contributed by atoms with Crippen LogP contribution in [-0.2, 0) is 0 Å². The maximum atomic E-state index is 11.3. The minimum Gasteiger partial charge on any atom is -0.502 e. The van der Waals surface area contributed by atoms with E-state index in [0.29, 0.717) is 29.1 Å². The van der Waals surface area contributed by atoms with Crippen molar-refractivity contribution in [3.05, 3.63) is 94.3 Å². The number of hydrogen-bond donors (Lipinski definition) is 2. The highest BCUT2D eigenvalue weighted by Gasteiger charge is 2.25. The van der Waals surface area contributed by atoms with Crippen LogP contribution in [-0.4, -0.2) is 21.6 Å². The SMILES string of the molecule is CCOc1ccc(NC(=S)C(=C(O)c2ccc(C)c([N+](=O)[O-])c2)[n+]2ccccc2)cc1. The van der Waals surface area contributed by atoms with Gasteiger partial charge in [-0.25, -0.2) is 0 Å². The molecular formula is C23H22N3O4S+. The summed E-state index contributed by atoms with van der Waals surface area (Å²) < 4.78 is 7.11. The number of hydrogen-bond acceptors (Lipinski definition) is 5. The van der Waals surface area contributed by atoms with E-state index in [1.165, 1.54) is 6.07 Å². The van der Waals surface area contributed by atoms with Gasteiger partial charge in [-0.05, 0) is 38.1 Å². The van der Waals surface area contributed by atoms with E-state index in [1.807, 2.05) is 37.3 Å². The molecule has 1 aromatic heterocycles. The molecule has 0 unspecified atom stereocenters. The van der Waals surface area contributed by atoms with E-state index in [0.717, 1.165) is 5.75 Å². The average Bonchev–Trinajstić information content (AvgIpc) is 2.76. The predicted molar refractivity (Wildman–Crippen MR) is 124 cm³/mol. The van der Waals surface area contributed by atoms with Gasteiger partial charge in [0.2, 0.25) is 0 Å². The molecule has 2 N–H and O–H groups in total. The Morgan fingerprint density at radius 2 is 1.84 bits per heavy atom. The number of nitro groups is 1. The minimum atomic E-state index is -0.474. The zero-order valence-electron chi connectivity index (χ0n) is 17.1. The highest BCUT2D eigenvalue weighted by molar-refractivity contribution is 7.81. The number of benzene rings is 2. The smallest absolute Gasteiger partial charge is 0.288 e. The van der Waals surface area contributed by atoms with Crippen molar-refractivity contribution in [1.82, 2.24) is 0 Å². The Morgan fingerprint density at radius 1 is 1.16 bits per heavy atom. The first-order chi connectivity index (χ1) is 14.9. The van der Waals surface area contributed by atoms with Crippen LogP contribution in [0.3, 0.4) is 0 Å². The van der Waals surface area contributed by atoms with E-state index in [4.69, 9.17) is 17.0 Å². The summed E-state index contributed by atoms with van der Waals surface area (Å²) in [6.45, 7) is 4.13. The summed E-state index contributed by atoms with van der Waals surface area (Å²) in [6.07, 6.45) is 3.47. The maximum absolute atomic E-state index is 11.3. The van der Waals surface area contributed by atoms with Crippen LogP contribution in [0.15, 0.2) is 73.1 Å². The van der Waals surface area contributed by atoms with Crippen molar-refractivity contribution < 1.29 is 19.3 Å². The van der Waals surface area contributed by atoms with Crippen molar-refractivity contribution in [1.29, 1.82) is 0 Å². The highest BCUT2D eigenvalue weighted by Crippen LogP contribution is 2.26. The second kappa shape index (κ2) is 9.82. The van der Waals surface area contributed by atoms with Gasteiger partial charge in [-0.15, -0.1) is 0 Å². The second-order valence-corrected chi connectivity index (χ2v) is 7.06. The molecule has 0 saturated carbocycles. The molecule has 0 aliphatic carbocycles. The molecule has 0 spiro atoms. The van der Waals surface area contributed by atoms with Gasteiger partial charge in [0.15, 0.2) is 23.1 Å². The molecule has 0 bridgehead atoms. The van der Waals surface area contributed by atoms with Crippen LogP contribution in [0.5, 0.6) is 5.75 Å². The van der Waals surface area contributed by atoms with Gasteiger partial charge in [0.05, 0.1) is 11.5 Å². The molecule has 0 amide bonds. The number of pyridine rings is 1. The van der Waals surface area contributed by atoms with Crippen LogP contribution in [0.1, 0.15) is 18.1 Å². The number of aliphatic hydroxyl groups excluding tert-OH is 1. The van der Waals surface area contributed by atoms with E-state index in [9.17, 15) is 15.2 Å². The third-order valence-electron chi connectivity index (χ3n) is 4.52. The monoisotopic (exact) mass is 436 g/mol. The number of rotatable bonds is 7. The Bertz CT molecular complexity index is 1130. The summed E-state index contributed by atoms with van der Waals surface area (Å²) in [4.78, 5) is 11.1. The van der Waals surface area contributed by atoms with Crippen molar-refractivity contribution in [3.8, 4) is 5.75 Å². The number of nitrogens with one attached hydrogen (secondary N) is 1. The van der Waals surface area contributed by atoms with Gasteiger partial charge in [-0.1, -0.05) is 30.4 Å². The van der Waals surface area contributed by atoms with E-state index in [-0.39, 0.29) is 16.4 Å². The number of aromatic nitrogens is 1. The lowest BCUT2D eigenvalue weighted by molar-refractivity contribution is -0.575. The lowest BCUT2D eigenvalue weighted by Gasteiger charge is -2.11. The molecule has 0 aliphatic rings. The van der Waals surface area contributed by atoms with Crippen molar-refractivity contribution in [3.63, 3.8) is 0 Å². The highest BCUT2D eigenvalue weighted by atomic mass is 32.1. The molecule has 7 nitrogen and oxygen atoms in total. The molecule has 0 atom stereocenters. The number of aryl methyl sites for hydroxylation is 1. The van der Waals surface area contributed by atoms with Crippen molar-refractivity contribution in [2.24, 2.45) is 0 Å². The van der Waals surface area contributed by atoms with Crippen LogP contribution in [0.2, 0.25) is 0 Å². The van der Waals surface area contributed by atoms with Crippen LogP contribution < -0.4 is 14.6 Å². The standard InChI is InChI=1S/C23H21N3O4S/c1-3-30-19-11-9-18(10-12-19)24-23(31)21(25-13-5-4-6-14-25)22(27)17-8-7-16(2)20(15-17)26(28)29/h4-15H,3H2,1-2H3,(H-,24,27,31)/p+1. The Hall–Kier alpha value is -3.78. The normalized spacial score (nSPS) is 11.4. The number of aliphatic hydroxyl groups is 1. The molecule has 0 aliphatic heterocycles. The summed E-state index contributed by atoms with van der Waals surface area (Å²) in [5.74, 6) is 0.560. The van der Waals surface area contributed by atoms with E-state index in [2.05, 4.69) is 5.32 Å². The summed E-state index contributed by atoms with van der Waals surface area (Å²) in [7, 11) is 0. The zero-order valence-corrected chi connectivity index (χ0v) is 17.9. The fraction of sp³-hybridized carbons (Fsp3) is 0.130. The molecule has 8 heteroatoms. The van der Waals surface area contributed by atoms with E-state index < -0.39 is 4.92 Å². The Morgan fingerprint density at radius 3 is 2.45 bits per heavy atom. The van der Waals surface area contributed by atoms with E-state index in [1.54, 1.807) is 48.1 Å². The number of nitro benzene ring substituents is 1. The molecule has 0 saturated heterocycles. The number of ether oxygens (including phenoxy) is 1. The minimum absolute atomic E-state index is 0.0770. The Balaban J connectivity index is 2.03. The first-order valence-corrected chi connectivity index (χ1v) is 10.0. The first kappa shape index (κ1) is 21.9. The van der Waals surface area contributed by atoms with Crippen molar-refractivity contribution >= 4 is 40.0 Å². The number of nitrogens with zero attached hydrogens (tertiary/aromatic N) is 2. The fourth-order valence-corrected chi connectivity index (χ4v) is 3.30. The third kappa shape index (κ3) is 5.23. The van der Waals surface area contributed by atoms with Gasteiger partial charge < -0.3 is 15.2 Å². The Kier molecular flexibility index (Phi) is 6.94. The van der Waals surface area contributed by atoms with E-state index >= 15 is 0 Å². The van der Waals surface area contributed by atoms with Crippen LogP contribution in [0.4, 0.5) is 11.4 Å². The second-order valence-electron chi connectivity index (χ2n) is 6.65. The summed E-state index contributed by atoms with van der Waals surface area (Å²) in [5.41, 5.74) is 1.73. The van der Waals surface area contributed by atoms with Gasteiger partial charge in [-0.3, -0.25) is 10.1 Å². The lowest BCUT2D eigenvalue weighted by Crippen LogP contribution is -2.38. The molecule has 158 valence electrons. The molecule has 0 fully saturated rings. The molecule has 2 aromatic carbocycles. The summed E-state index contributed by atoms with van der Waals surface area (Å²) in [6, 6.07) is 17.3. The first-order valence-electron chi connectivity index (χ1n) is 9.60. The van der Waals surface area contributed by atoms with Gasteiger partial charge in [0.1, 0.15) is 5.75 Å². The Labute approximate surface area is 185 Å². The van der Waals surface area contributed by atoms with Crippen molar-refractivity contribution in [2.75, 3.05) is 11.9 Å². The molecule has 31 heavy (non-hydrogen) atoms. The van der Waals surface area contributed by atoms with Gasteiger partial charge >= 0.3 is 0 Å². The molecule has 3 aromatic rings. The predicted octanol–water partition coefficient (Wildman–Crippen LogP) is 4.91. The lowest BCUT2D eigenvalue weighted by atomic mass is 10.1. The molecule has 3 rings (SSSR count). The summed E-state index contributed by atoms with van der Waals surface area (Å²) >= 11 is 5.60. The van der Waals surface area contributed by atoms with Crippen LogP contribution in [0, 0.1) is 17.0 Å². The quantitative estimate of drug-likeness (QED) is 0.137. The zero-order chi connectivity index (χ0) is 22.4. The maximum Gasteiger partial charge on any atom is 0.288 e. The number of thiocarbonyl (C=S) groups is 1. The molecule has 1 heterocycles. The van der Waals surface area contributed by atoms with Gasteiger partial charge in [0, 0.05) is 35.0 Å². The van der Waals surface area contributed by atoms with Crippen LogP contribution in [0.25, 0.3) is 11.5 Å². The van der Waals surface area contributed by atoms with Crippen molar-refractivity contribution in [2.45, 2.75) is 13.8 Å². The van der Waals surface area contributed by atoms with Gasteiger partial charge in [0.25, 0.3) is 11.4 Å². The average molecular weight is 437 g/mol. The largest absolute Gasteiger partial charge is 0.502 e. The fourth-order valence-electron chi connectivity index (χ4n) is 2.98.